The lowest BCUT2D eigenvalue weighted by Crippen LogP contribution is -2.03. The summed E-state index contributed by atoms with van der Waals surface area (Å²) in [6.07, 6.45) is 0. The van der Waals surface area contributed by atoms with Gasteiger partial charge in [0.15, 0.2) is 0 Å². The van der Waals surface area contributed by atoms with Gasteiger partial charge in [0.25, 0.3) is 0 Å². The van der Waals surface area contributed by atoms with Gasteiger partial charge >= 0.3 is 0 Å². The molecule has 0 aliphatic carbocycles. The molecule has 14 rings (SSSR count). The number of hydrogen-bond acceptors (Lipinski definition) is 1. The molecule has 14 aromatic rings. The highest BCUT2D eigenvalue weighted by Gasteiger charge is 2.21. The Labute approximate surface area is 398 Å². The number of para-hydroxylation sites is 4. The van der Waals surface area contributed by atoms with Crippen LogP contribution in [0.4, 0.5) is 0 Å². The Morgan fingerprint density at radius 2 is 0.522 bits per heavy atom. The Bertz CT molecular complexity index is 4120. The Balaban J connectivity index is 0.977. The van der Waals surface area contributed by atoms with Gasteiger partial charge in [-0.25, -0.2) is 4.98 Å². The second kappa shape index (κ2) is 15.7. The zero-order chi connectivity index (χ0) is 45.4. The van der Waals surface area contributed by atoms with Crippen molar-refractivity contribution >= 4 is 65.4 Å². The molecule has 0 unspecified atom stereocenters. The second-order valence-corrected chi connectivity index (χ2v) is 18.0. The van der Waals surface area contributed by atoms with E-state index in [1.54, 1.807) is 0 Å². The fourth-order valence-electron chi connectivity index (χ4n) is 10.8. The highest BCUT2D eigenvalue weighted by Crippen LogP contribution is 2.42. The summed E-state index contributed by atoms with van der Waals surface area (Å²) in [5.74, 6) is 1.76. The average molecular weight is 879 g/mol. The first-order valence-corrected chi connectivity index (χ1v) is 23.6. The maximum atomic E-state index is 5.50. The predicted octanol–water partition coefficient (Wildman–Crippen LogP) is 17.0. The van der Waals surface area contributed by atoms with Crippen LogP contribution < -0.4 is 0 Å². The van der Waals surface area contributed by atoms with Gasteiger partial charge in [-0.1, -0.05) is 188 Å². The van der Waals surface area contributed by atoms with Gasteiger partial charge in [-0.05, 0) is 111 Å². The van der Waals surface area contributed by atoms with Gasteiger partial charge in [-0.2, -0.15) is 0 Å². The molecule has 4 heterocycles. The molecule has 0 bridgehead atoms. The molecule has 0 aliphatic heterocycles. The molecule has 0 amide bonds. The predicted molar refractivity (Wildman–Crippen MR) is 289 cm³/mol. The molecule has 322 valence electrons. The molecule has 0 saturated carbocycles. The van der Waals surface area contributed by atoms with Gasteiger partial charge in [0.05, 0.1) is 33.1 Å². The van der Waals surface area contributed by atoms with Crippen LogP contribution in [0.2, 0.25) is 0 Å². The van der Waals surface area contributed by atoms with Crippen LogP contribution in [0.15, 0.2) is 255 Å². The minimum Gasteiger partial charge on any atom is -0.309 e. The first-order valence-electron chi connectivity index (χ1n) is 23.6. The number of rotatable bonds is 7. The summed E-state index contributed by atoms with van der Waals surface area (Å²) in [6, 6.07) is 92.4. The molecule has 4 nitrogen and oxygen atoms in total. The van der Waals surface area contributed by atoms with Crippen LogP contribution in [0.25, 0.3) is 127 Å². The number of fused-ring (bicyclic) bond motifs is 9. The Kier molecular flexibility index (Phi) is 8.86. The maximum absolute atomic E-state index is 5.50. The molecule has 69 heavy (non-hydrogen) atoms. The van der Waals surface area contributed by atoms with E-state index >= 15 is 0 Å². The molecule has 0 spiro atoms. The van der Waals surface area contributed by atoms with Crippen molar-refractivity contribution in [2.75, 3.05) is 0 Å². The van der Waals surface area contributed by atoms with Crippen LogP contribution in [0.3, 0.4) is 0 Å². The van der Waals surface area contributed by atoms with Crippen molar-refractivity contribution in [1.29, 1.82) is 0 Å². The fourth-order valence-corrected chi connectivity index (χ4v) is 10.8. The Hall–Kier alpha value is -9.25. The molecule has 4 heteroatoms. The largest absolute Gasteiger partial charge is 0.309 e. The van der Waals surface area contributed by atoms with Crippen LogP contribution in [0, 0.1) is 0 Å². The average Bonchev–Trinajstić information content (AvgIpc) is 4.06. The first kappa shape index (κ1) is 39.0. The quantitative estimate of drug-likeness (QED) is 0.157. The number of nitrogens with zero attached hydrogens (tertiary/aromatic N) is 4. The minimum atomic E-state index is 0.873. The first-order chi connectivity index (χ1) is 34.2. The molecule has 10 aromatic carbocycles. The summed E-state index contributed by atoms with van der Waals surface area (Å²) in [5, 5.41) is 7.18. The van der Waals surface area contributed by atoms with Crippen molar-refractivity contribution in [2.24, 2.45) is 0 Å². The molecular weight excluding hydrogens is 837 g/mol. The Morgan fingerprint density at radius 3 is 0.957 bits per heavy atom. The van der Waals surface area contributed by atoms with Crippen LogP contribution >= 0.6 is 0 Å². The van der Waals surface area contributed by atoms with Gasteiger partial charge < -0.3 is 4.57 Å². The number of pyridine rings is 1. The molecular formula is C65H42N4. The lowest BCUT2D eigenvalue weighted by Gasteiger charge is -2.15. The highest BCUT2D eigenvalue weighted by atomic mass is 15.1. The third-order valence-corrected chi connectivity index (χ3v) is 14.1. The van der Waals surface area contributed by atoms with Gasteiger partial charge in [-0.3, -0.25) is 9.13 Å². The smallest absolute Gasteiger partial charge is 0.140 e. The van der Waals surface area contributed by atoms with Crippen LogP contribution in [0.1, 0.15) is 0 Å². The van der Waals surface area contributed by atoms with Crippen LogP contribution in [-0.4, -0.2) is 18.7 Å². The van der Waals surface area contributed by atoms with Crippen LogP contribution in [-0.2, 0) is 0 Å². The molecule has 0 fully saturated rings. The van der Waals surface area contributed by atoms with E-state index in [2.05, 4.69) is 268 Å². The number of aromatic nitrogens is 4. The minimum absolute atomic E-state index is 0.873. The normalized spacial score (nSPS) is 11.8. The van der Waals surface area contributed by atoms with Crippen molar-refractivity contribution in [2.45, 2.75) is 0 Å². The maximum Gasteiger partial charge on any atom is 0.140 e. The SMILES string of the molecule is c1ccc(-c2ccc(-c3cc(-c4ccc(-c5ccccc5)cc4)cc(-n4c5ccccc5c5cc6c(cc54)c4ccccc4n6-c4cccc(-n5c6ccccc6c6ccccc65)n4)c3)cc2)cc1. The summed E-state index contributed by atoms with van der Waals surface area (Å²) in [6.45, 7) is 0. The van der Waals surface area contributed by atoms with E-state index in [1.807, 2.05) is 0 Å². The van der Waals surface area contributed by atoms with Crippen molar-refractivity contribution < 1.29 is 0 Å². The van der Waals surface area contributed by atoms with E-state index in [0.717, 1.165) is 61.6 Å². The van der Waals surface area contributed by atoms with Crippen molar-refractivity contribution in [3.8, 4) is 61.8 Å². The Morgan fingerprint density at radius 1 is 0.203 bits per heavy atom. The van der Waals surface area contributed by atoms with E-state index in [-0.39, 0.29) is 0 Å². The summed E-state index contributed by atoms with van der Waals surface area (Å²) >= 11 is 0. The molecule has 0 aliphatic rings. The fraction of sp³-hybridized carbons (Fsp3) is 0. The van der Waals surface area contributed by atoms with Crippen LogP contribution in [0.5, 0.6) is 0 Å². The highest BCUT2D eigenvalue weighted by molar-refractivity contribution is 6.19. The standard InChI is InChI=1S/C65H42N4/c1-3-16-43(17-4-1)45-30-34-47(35-31-45)49-38-50(48-36-32-46(33-37-48)44-18-5-2-6-19-44)40-51(39-49)67-58-24-11-9-22-54(58)56-42-63-57(41-62(56)67)55-23-10-14-27-61(55)69(63)65-29-15-28-64(66-65)68-59-25-12-7-20-52(59)53-21-8-13-26-60(53)68/h1-42H. The van der Waals surface area contributed by atoms with Gasteiger partial charge in [0.2, 0.25) is 0 Å². The summed E-state index contributed by atoms with van der Waals surface area (Å²) in [7, 11) is 0. The summed E-state index contributed by atoms with van der Waals surface area (Å²) in [5.41, 5.74) is 17.4. The monoisotopic (exact) mass is 878 g/mol. The number of benzene rings is 10. The van der Waals surface area contributed by atoms with E-state index in [1.165, 1.54) is 65.7 Å². The summed E-state index contributed by atoms with van der Waals surface area (Å²) in [4.78, 5) is 5.50. The van der Waals surface area contributed by atoms with E-state index < -0.39 is 0 Å². The van der Waals surface area contributed by atoms with E-state index in [4.69, 9.17) is 4.98 Å². The third kappa shape index (κ3) is 6.34. The summed E-state index contributed by atoms with van der Waals surface area (Å²) < 4.78 is 7.12. The molecule has 0 radical (unpaired) electrons. The molecule has 0 atom stereocenters. The zero-order valence-corrected chi connectivity index (χ0v) is 37.5. The van der Waals surface area contributed by atoms with Gasteiger partial charge in [-0.15, -0.1) is 0 Å². The van der Waals surface area contributed by atoms with Crippen molar-refractivity contribution in [3.05, 3.63) is 255 Å². The van der Waals surface area contributed by atoms with E-state index in [0.29, 0.717) is 0 Å². The third-order valence-electron chi connectivity index (χ3n) is 14.1. The van der Waals surface area contributed by atoms with Crippen molar-refractivity contribution in [1.82, 2.24) is 18.7 Å². The lowest BCUT2D eigenvalue weighted by atomic mass is 9.95. The van der Waals surface area contributed by atoms with Crippen molar-refractivity contribution in [3.63, 3.8) is 0 Å². The molecule has 0 N–H and O–H groups in total. The number of hydrogen-bond donors (Lipinski definition) is 0. The topological polar surface area (TPSA) is 27.7 Å². The lowest BCUT2D eigenvalue weighted by molar-refractivity contribution is 1.01. The molecule has 0 saturated heterocycles. The molecule has 4 aromatic heterocycles. The zero-order valence-electron chi connectivity index (χ0n) is 37.5. The second-order valence-electron chi connectivity index (χ2n) is 18.0. The van der Waals surface area contributed by atoms with E-state index in [9.17, 15) is 0 Å². The van der Waals surface area contributed by atoms with Gasteiger partial charge in [0, 0.05) is 38.0 Å². The van der Waals surface area contributed by atoms with Gasteiger partial charge in [0.1, 0.15) is 11.6 Å².